The number of nitrogens with one attached hydrogen (secondary N) is 2. The van der Waals surface area contributed by atoms with E-state index in [2.05, 4.69) is 41.8 Å². The number of guanidine groups is 1. The van der Waals surface area contributed by atoms with Crippen LogP contribution in [0.2, 0.25) is 0 Å². The number of hydrogen-bond acceptors (Lipinski definition) is 4. The molecule has 164 valence electrons. The number of rotatable bonds is 9. The molecule has 3 rings (SSSR count). The van der Waals surface area contributed by atoms with Gasteiger partial charge in [-0.05, 0) is 49.6 Å². The van der Waals surface area contributed by atoms with Crippen LogP contribution in [-0.2, 0) is 12.8 Å². The van der Waals surface area contributed by atoms with Crippen LogP contribution < -0.4 is 10.6 Å². The Hall–Kier alpha value is -2.93. The molecule has 0 saturated carbocycles. The largest absolute Gasteiger partial charge is 0.357 e. The third kappa shape index (κ3) is 6.79. The number of hydrogen-bond donors (Lipinski definition) is 2. The Bertz CT molecular complexity index is 994. The van der Waals surface area contributed by atoms with Crippen molar-refractivity contribution in [1.82, 2.24) is 20.5 Å². The van der Waals surface area contributed by atoms with Gasteiger partial charge in [-0.3, -0.25) is 9.79 Å². The number of aryl methyl sites for hydroxylation is 1. The molecule has 6 nitrogen and oxygen atoms in total. The summed E-state index contributed by atoms with van der Waals surface area (Å²) < 4.78 is 1.24. The second kappa shape index (κ2) is 11.5. The van der Waals surface area contributed by atoms with Gasteiger partial charge in [0.15, 0.2) is 5.96 Å². The molecule has 1 amide bonds. The molecule has 0 bridgehead atoms. The predicted molar refractivity (Wildman–Crippen MR) is 130 cm³/mol. The standard InChI is InChI=1S/C24H31N5OS/c1-4-25-24(26-15-8-13-22-28-20-11-5-6-12-21(20)31-22)27-16-14-18-9-7-10-19(17-18)23(30)29(2)3/h5-7,9-12,17H,4,8,13-16H2,1-3H3,(H2,25,26,27). The van der Waals surface area contributed by atoms with Crippen LogP contribution in [0.15, 0.2) is 53.5 Å². The van der Waals surface area contributed by atoms with E-state index >= 15 is 0 Å². The van der Waals surface area contributed by atoms with E-state index in [9.17, 15) is 4.79 Å². The van der Waals surface area contributed by atoms with Crippen molar-refractivity contribution in [3.63, 3.8) is 0 Å². The van der Waals surface area contributed by atoms with Crippen molar-refractivity contribution in [2.45, 2.75) is 26.2 Å². The van der Waals surface area contributed by atoms with E-state index in [-0.39, 0.29) is 5.91 Å². The lowest BCUT2D eigenvalue weighted by Gasteiger charge is -2.13. The summed E-state index contributed by atoms with van der Waals surface area (Å²) in [5, 5.41) is 7.86. The average Bonchev–Trinajstić information content (AvgIpc) is 3.19. The Labute approximate surface area is 188 Å². The highest BCUT2D eigenvalue weighted by Gasteiger charge is 2.08. The van der Waals surface area contributed by atoms with Gasteiger partial charge in [0.1, 0.15) is 0 Å². The highest BCUT2D eigenvalue weighted by atomic mass is 32.1. The van der Waals surface area contributed by atoms with Gasteiger partial charge in [-0.2, -0.15) is 0 Å². The maximum Gasteiger partial charge on any atom is 0.253 e. The number of thiazole rings is 1. The third-order valence-electron chi connectivity index (χ3n) is 4.79. The van der Waals surface area contributed by atoms with Crippen LogP contribution in [0.1, 0.15) is 34.3 Å². The number of nitrogens with zero attached hydrogens (tertiary/aromatic N) is 3. The zero-order chi connectivity index (χ0) is 22.1. The lowest BCUT2D eigenvalue weighted by atomic mass is 10.1. The van der Waals surface area contributed by atoms with Gasteiger partial charge >= 0.3 is 0 Å². The molecule has 0 atom stereocenters. The maximum atomic E-state index is 12.1. The van der Waals surface area contributed by atoms with Crippen LogP contribution in [0.5, 0.6) is 0 Å². The summed E-state index contributed by atoms with van der Waals surface area (Å²) in [6, 6.07) is 16.1. The Kier molecular flexibility index (Phi) is 8.41. The molecular formula is C24H31N5OS. The van der Waals surface area contributed by atoms with E-state index in [0.717, 1.165) is 61.5 Å². The fraction of sp³-hybridized carbons (Fsp3) is 0.375. The second-order valence-corrected chi connectivity index (χ2v) is 8.63. The van der Waals surface area contributed by atoms with Gasteiger partial charge in [-0.25, -0.2) is 4.98 Å². The fourth-order valence-electron chi connectivity index (χ4n) is 3.23. The normalized spacial score (nSPS) is 11.5. The molecule has 0 saturated heterocycles. The molecule has 2 aromatic carbocycles. The second-order valence-electron chi connectivity index (χ2n) is 7.52. The van der Waals surface area contributed by atoms with Crippen molar-refractivity contribution in [2.75, 3.05) is 33.7 Å². The first-order chi connectivity index (χ1) is 15.1. The van der Waals surface area contributed by atoms with Crippen LogP contribution in [-0.4, -0.2) is 55.5 Å². The van der Waals surface area contributed by atoms with Crippen molar-refractivity contribution >= 4 is 33.4 Å². The molecule has 7 heteroatoms. The van der Waals surface area contributed by atoms with Gasteiger partial charge in [-0.15, -0.1) is 11.3 Å². The van der Waals surface area contributed by atoms with Crippen molar-refractivity contribution in [3.05, 3.63) is 64.7 Å². The molecule has 0 unspecified atom stereocenters. The average molecular weight is 438 g/mol. The summed E-state index contributed by atoms with van der Waals surface area (Å²) in [7, 11) is 3.54. The first kappa shape index (κ1) is 22.7. The Morgan fingerprint density at radius 2 is 1.94 bits per heavy atom. The lowest BCUT2D eigenvalue weighted by molar-refractivity contribution is 0.0827. The predicted octanol–water partition coefficient (Wildman–Crippen LogP) is 3.73. The highest BCUT2D eigenvalue weighted by molar-refractivity contribution is 7.18. The minimum atomic E-state index is 0.0258. The molecule has 1 heterocycles. The summed E-state index contributed by atoms with van der Waals surface area (Å²) in [5.74, 6) is 0.852. The Morgan fingerprint density at radius 3 is 2.71 bits per heavy atom. The number of para-hydroxylation sites is 1. The van der Waals surface area contributed by atoms with E-state index in [4.69, 9.17) is 9.98 Å². The van der Waals surface area contributed by atoms with Crippen molar-refractivity contribution in [1.29, 1.82) is 0 Å². The molecule has 0 fully saturated rings. The molecule has 2 N–H and O–H groups in total. The minimum absolute atomic E-state index is 0.0258. The molecule has 3 aromatic rings. The number of aromatic nitrogens is 1. The highest BCUT2D eigenvalue weighted by Crippen LogP contribution is 2.22. The lowest BCUT2D eigenvalue weighted by Crippen LogP contribution is -2.38. The molecule has 0 aliphatic carbocycles. The van der Waals surface area contributed by atoms with Gasteiger partial charge in [0.2, 0.25) is 0 Å². The van der Waals surface area contributed by atoms with Gasteiger partial charge in [0.05, 0.1) is 15.2 Å². The molecule has 0 aliphatic rings. The minimum Gasteiger partial charge on any atom is -0.357 e. The van der Waals surface area contributed by atoms with E-state index in [1.165, 1.54) is 9.71 Å². The fourth-order valence-corrected chi connectivity index (χ4v) is 4.24. The van der Waals surface area contributed by atoms with Crippen molar-refractivity contribution in [2.24, 2.45) is 4.99 Å². The molecule has 31 heavy (non-hydrogen) atoms. The SMILES string of the molecule is CCNC(=NCCCc1nc2ccccc2s1)NCCc1cccc(C(=O)N(C)C)c1. The molecule has 0 aliphatic heterocycles. The van der Waals surface area contributed by atoms with Gasteiger partial charge in [0, 0.05) is 45.7 Å². The van der Waals surface area contributed by atoms with Crippen LogP contribution in [0.4, 0.5) is 0 Å². The number of amides is 1. The smallest absolute Gasteiger partial charge is 0.253 e. The monoisotopic (exact) mass is 437 g/mol. The first-order valence-electron chi connectivity index (χ1n) is 10.7. The summed E-state index contributed by atoms with van der Waals surface area (Å²) in [6.45, 7) is 4.38. The molecule has 0 radical (unpaired) electrons. The van der Waals surface area contributed by atoms with Gasteiger partial charge < -0.3 is 15.5 Å². The van der Waals surface area contributed by atoms with Crippen LogP contribution in [0.3, 0.4) is 0 Å². The summed E-state index contributed by atoms with van der Waals surface area (Å²) in [4.78, 5) is 23.1. The van der Waals surface area contributed by atoms with Crippen LogP contribution in [0, 0.1) is 0 Å². The van der Waals surface area contributed by atoms with Gasteiger partial charge in [-0.1, -0.05) is 24.3 Å². The summed E-state index contributed by atoms with van der Waals surface area (Å²) in [6.07, 6.45) is 2.73. The third-order valence-corrected chi connectivity index (χ3v) is 5.88. The summed E-state index contributed by atoms with van der Waals surface area (Å²) in [5.41, 5.74) is 2.93. The van der Waals surface area contributed by atoms with Crippen LogP contribution in [0.25, 0.3) is 10.2 Å². The van der Waals surface area contributed by atoms with E-state index in [0.29, 0.717) is 0 Å². The molecule has 1 aromatic heterocycles. The van der Waals surface area contributed by atoms with E-state index < -0.39 is 0 Å². The number of carbonyl (C=O) groups is 1. The Morgan fingerprint density at radius 1 is 1.10 bits per heavy atom. The van der Waals surface area contributed by atoms with E-state index in [1.54, 1.807) is 30.3 Å². The first-order valence-corrected chi connectivity index (χ1v) is 11.6. The summed E-state index contributed by atoms with van der Waals surface area (Å²) >= 11 is 1.76. The molecule has 0 spiro atoms. The number of fused-ring (bicyclic) bond motifs is 1. The molecular weight excluding hydrogens is 406 g/mol. The number of aliphatic imine (C=N–C) groups is 1. The Balaban J connectivity index is 1.47. The van der Waals surface area contributed by atoms with Crippen LogP contribution >= 0.6 is 11.3 Å². The quantitative estimate of drug-likeness (QED) is 0.304. The van der Waals surface area contributed by atoms with Crippen molar-refractivity contribution < 1.29 is 4.79 Å². The van der Waals surface area contributed by atoms with E-state index in [1.807, 2.05) is 24.3 Å². The van der Waals surface area contributed by atoms with Gasteiger partial charge in [0.25, 0.3) is 5.91 Å². The van der Waals surface area contributed by atoms with Crippen molar-refractivity contribution in [3.8, 4) is 0 Å². The number of benzene rings is 2. The topological polar surface area (TPSA) is 69.6 Å². The maximum absolute atomic E-state index is 12.1. The number of carbonyl (C=O) groups excluding carboxylic acids is 1. The zero-order valence-electron chi connectivity index (χ0n) is 18.5. The zero-order valence-corrected chi connectivity index (χ0v) is 19.3.